The molecule has 0 aromatic carbocycles. The van der Waals surface area contributed by atoms with E-state index in [1.807, 2.05) is 0 Å². The monoisotopic (exact) mass is 193 g/mol. The Morgan fingerprint density at radius 3 is 2.92 bits per heavy atom. The number of aliphatic hydroxyl groups is 1. The maximum absolute atomic E-state index is 12.8. The molecule has 0 spiro atoms. The molecule has 13 heavy (non-hydrogen) atoms. The summed E-state index contributed by atoms with van der Waals surface area (Å²) < 4.78 is 38.2. The fraction of sp³-hybridized carbons (Fsp3) is 0.625. The van der Waals surface area contributed by atoms with Crippen LogP contribution in [-0.2, 0) is 0 Å². The van der Waals surface area contributed by atoms with Gasteiger partial charge in [0.05, 0.1) is 6.54 Å². The summed E-state index contributed by atoms with van der Waals surface area (Å²) in [5.74, 6) is -3.36. The SMILES string of the molecule is OCC(F)(F)C1=NCC(F)CC=C1. The van der Waals surface area contributed by atoms with Crippen molar-refractivity contribution >= 4 is 5.71 Å². The van der Waals surface area contributed by atoms with E-state index in [0.29, 0.717) is 0 Å². The summed E-state index contributed by atoms with van der Waals surface area (Å²) in [5, 5.41) is 8.35. The molecule has 1 unspecified atom stereocenters. The van der Waals surface area contributed by atoms with Crippen LogP contribution in [0.25, 0.3) is 0 Å². The van der Waals surface area contributed by atoms with Gasteiger partial charge in [-0.3, -0.25) is 4.99 Å². The van der Waals surface area contributed by atoms with Crippen molar-refractivity contribution in [3.63, 3.8) is 0 Å². The van der Waals surface area contributed by atoms with E-state index >= 15 is 0 Å². The lowest BCUT2D eigenvalue weighted by Crippen LogP contribution is -2.31. The van der Waals surface area contributed by atoms with Crippen molar-refractivity contribution in [1.82, 2.24) is 0 Å². The predicted molar refractivity (Wildman–Crippen MR) is 43.0 cm³/mol. The third kappa shape index (κ3) is 2.55. The molecule has 2 nitrogen and oxygen atoms in total. The molecule has 1 rings (SSSR count). The van der Waals surface area contributed by atoms with Crippen molar-refractivity contribution < 1.29 is 18.3 Å². The zero-order valence-electron chi connectivity index (χ0n) is 6.88. The summed E-state index contributed by atoms with van der Waals surface area (Å²) in [5.41, 5.74) is -0.546. The summed E-state index contributed by atoms with van der Waals surface area (Å²) in [4.78, 5) is 3.39. The van der Waals surface area contributed by atoms with Gasteiger partial charge in [-0.1, -0.05) is 6.08 Å². The van der Waals surface area contributed by atoms with E-state index in [4.69, 9.17) is 5.11 Å². The second-order valence-electron chi connectivity index (χ2n) is 2.82. The van der Waals surface area contributed by atoms with Crippen LogP contribution in [0.4, 0.5) is 13.2 Å². The molecule has 0 radical (unpaired) electrons. The maximum atomic E-state index is 12.8. The first kappa shape index (κ1) is 10.2. The van der Waals surface area contributed by atoms with Gasteiger partial charge in [0.25, 0.3) is 0 Å². The van der Waals surface area contributed by atoms with Gasteiger partial charge in [-0.05, 0) is 12.5 Å². The number of halogens is 3. The number of allylic oxidation sites excluding steroid dienone is 2. The topological polar surface area (TPSA) is 32.6 Å². The lowest BCUT2D eigenvalue weighted by atomic mass is 10.2. The van der Waals surface area contributed by atoms with Crippen molar-refractivity contribution in [1.29, 1.82) is 0 Å². The van der Waals surface area contributed by atoms with E-state index in [2.05, 4.69) is 4.99 Å². The lowest BCUT2D eigenvalue weighted by Gasteiger charge is -2.12. The Bertz CT molecular complexity index is 238. The zero-order valence-corrected chi connectivity index (χ0v) is 6.88. The summed E-state index contributed by atoms with van der Waals surface area (Å²) in [7, 11) is 0. The smallest absolute Gasteiger partial charge is 0.311 e. The molecule has 74 valence electrons. The molecule has 0 fully saturated rings. The Labute approximate surface area is 73.8 Å². The molecule has 1 N–H and O–H groups in total. The van der Waals surface area contributed by atoms with Crippen LogP contribution in [0.3, 0.4) is 0 Å². The Morgan fingerprint density at radius 1 is 1.62 bits per heavy atom. The number of aliphatic imine (C=N–C) groups is 1. The second-order valence-corrected chi connectivity index (χ2v) is 2.82. The van der Waals surface area contributed by atoms with Gasteiger partial charge in [-0.2, -0.15) is 8.78 Å². The number of aliphatic hydroxyl groups excluding tert-OH is 1. The molecule has 1 aliphatic heterocycles. The van der Waals surface area contributed by atoms with Crippen LogP contribution in [0.1, 0.15) is 6.42 Å². The highest BCUT2D eigenvalue weighted by molar-refractivity contribution is 6.00. The Balaban J connectivity index is 2.79. The predicted octanol–water partition coefficient (Wildman–Crippen LogP) is 1.35. The van der Waals surface area contributed by atoms with Gasteiger partial charge < -0.3 is 5.11 Å². The standard InChI is InChI=1S/C8H10F3NO/c9-6-2-1-3-7(12-4-6)8(10,11)5-13/h1,3,6,13H,2,4-5H2. The fourth-order valence-electron chi connectivity index (χ4n) is 0.971. The van der Waals surface area contributed by atoms with E-state index in [-0.39, 0.29) is 13.0 Å². The Morgan fingerprint density at radius 2 is 2.31 bits per heavy atom. The number of hydrogen-bond acceptors (Lipinski definition) is 2. The Kier molecular flexibility index (Phi) is 3.08. The largest absolute Gasteiger partial charge is 0.390 e. The zero-order chi connectivity index (χ0) is 9.90. The first-order valence-corrected chi connectivity index (χ1v) is 3.90. The molecule has 0 saturated carbocycles. The van der Waals surface area contributed by atoms with E-state index < -0.39 is 24.4 Å². The van der Waals surface area contributed by atoms with E-state index in [0.717, 1.165) is 6.08 Å². The molecule has 0 aliphatic carbocycles. The summed E-state index contributed by atoms with van der Waals surface area (Å²) in [6.45, 7) is -1.56. The molecule has 0 amide bonds. The number of alkyl halides is 3. The molecular weight excluding hydrogens is 183 g/mol. The van der Waals surface area contributed by atoms with E-state index in [1.54, 1.807) is 0 Å². The van der Waals surface area contributed by atoms with Crippen molar-refractivity contribution in [2.24, 2.45) is 4.99 Å². The molecule has 1 aliphatic rings. The highest BCUT2D eigenvalue weighted by Crippen LogP contribution is 2.18. The molecule has 0 aromatic rings. The minimum Gasteiger partial charge on any atom is -0.390 e. The fourth-order valence-corrected chi connectivity index (χ4v) is 0.971. The van der Waals surface area contributed by atoms with Gasteiger partial charge >= 0.3 is 5.92 Å². The molecule has 5 heteroatoms. The first-order chi connectivity index (χ1) is 6.06. The van der Waals surface area contributed by atoms with Gasteiger partial charge in [0.1, 0.15) is 18.5 Å². The normalized spacial score (nSPS) is 24.0. The Hall–Kier alpha value is -0.840. The molecule has 0 saturated heterocycles. The summed E-state index contributed by atoms with van der Waals surface area (Å²) in [6, 6.07) is 0. The van der Waals surface area contributed by atoms with Crippen LogP contribution >= 0.6 is 0 Å². The molecular formula is C8H10F3NO. The summed E-state index contributed by atoms with van der Waals surface area (Å²) in [6.07, 6.45) is 1.26. The van der Waals surface area contributed by atoms with Gasteiger partial charge in [0.2, 0.25) is 0 Å². The van der Waals surface area contributed by atoms with Gasteiger partial charge in [-0.25, -0.2) is 4.39 Å². The molecule has 1 heterocycles. The minimum atomic E-state index is -3.36. The average Bonchev–Trinajstić information content (AvgIpc) is 2.30. The molecule has 1 atom stereocenters. The molecule has 0 aromatic heterocycles. The second kappa shape index (κ2) is 3.91. The maximum Gasteiger partial charge on any atom is 0.311 e. The van der Waals surface area contributed by atoms with Gasteiger partial charge in [0, 0.05) is 0 Å². The van der Waals surface area contributed by atoms with Gasteiger partial charge in [0.15, 0.2) is 0 Å². The van der Waals surface area contributed by atoms with Crippen LogP contribution in [0.2, 0.25) is 0 Å². The van der Waals surface area contributed by atoms with Crippen LogP contribution in [0.15, 0.2) is 17.1 Å². The van der Waals surface area contributed by atoms with Crippen molar-refractivity contribution in [3.05, 3.63) is 12.2 Å². The highest BCUT2D eigenvalue weighted by atomic mass is 19.3. The lowest BCUT2D eigenvalue weighted by molar-refractivity contribution is 0.0145. The number of hydrogen-bond donors (Lipinski definition) is 1. The number of nitrogens with zero attached hydrogens (tertiary/aromatic N) is 1. The minimum absolute atomic E-state index is 0.0918. The summed E-state index contributed by atoms with van der Waals surface area (Å²) >= 11 is 0. The third-order valence-electron chi connectivity index (χ3n) is 1.70. The van der Waals surface area contributed by atoms with Crippen LogP contribution in [0, 0.1) is 0 Å². The third-order valence-corrected chi connectivity index (χ3v) is 1.70. The average molecular weight is 193 g/mol. The van der Waals surface area contributed by atoms with Crippen molar-refractivity contribution in [3.8, 4) is 0 Å². The van der Waals surface area contributed by atoms with E-state index in [9.17, 15) is 13.2 Å². The van der Waals surface area contributed by atoms with Crippen LogP contribution in [0.5, 0.6) is 0 Å². The van der Waals surface area contributed by atoms with Crippen molar-refractivity contribution in [2.45, 2.75) is 18.5 Å². The van der Waals surface area contributed by atoms with Crippen molar-refractivity contribution in [2.75, 3.05) is 13.2 Å². The van der Waals surface area contributed by atoms with Crippen LogP contribution in [-0.4, -0.2) is 36.1 Å². The quantitative estimate of drug-likeness (QED) is 0.705. The first-order valence-electron chi connectivity index (χ1n) is 3.90. The molecule has 0 bridgehead atoms. The number of rotatable bonds is 2. The highest BCUT2D eigenvalue weighted by Gasteiger charge is 2.34. The van der Waals surface area contributed by atoms with Crippen LogP contribution < -0.4 is 0 Å². The van der Waals surface area contributed by atoms with Gasteiger partial charge in [-0.15, -0.1) is 0 Å². The van der Waals surface area contributed by atoms with E-state index in [1.165, 1.54) is 6.08 Å².